The summed E-state index contributed by atoms with van der Waals surface area (Å²) < 4.78 is 4.89. The Labute approximate surface area is 124 Å². The summed E-state index contributed by atoms with van der Waals surface area (Å²) in [6, 6.07) is 0. The fourth-order valence-electron chi connectivity index (χ4n) is 2.24. The molecule has 0 aliphatic heterocycles. The van der Waals surface area contributed by atoms with Crippen molar-refractivity contribution in [3.8, 4) is 0 Å². The van der Waals surface area contributed by atoms with E-state index in [1.54, 1.807) is 0 Å². The number of rotatable bonds is 14. The molecule has 0 saturated heterocycles. The fourth-order valence-corrected chi connectivity index (χ4v) is 2.24. The first kappa shape index (κ1) is 19.1. The summed E-state index contributed by atoms with van der Waals surface area (Å²) in [5.74, 6) is 0.334. The van der Waals surface area contributed by atoms with Crippen LogP contribution >= 0.6 is 0 Å². The van der Waals surface area contributed by atoms with Crippen molar-refractivity contribution in [1.29, 1.82) is 0 Å². The lowest BCUT2D eigenvalue weighted by Gasteiger charge is -2.03. The summed E-state index contributed by atoms with van der Waals surface area (Å²) in [6.07, 6.45) is 12.6. The smallest absolute Gasteiger partial charge is 0.305 e. The number of hydrogen-bond acceptors (Lipinski definition) is 3. The van der Waals surface area contributed by atoms with Gasteiger partial charge in [-0.1, -0.05) is 51.9 Å². The molecule has 3 heteroatoms. The first-order valence-corrected chi connectivity index (χ1v) is 8.38. The Morgan fingerprint density at radius 2 is 1.15 bits per heavy atom. The standard InChI is InChI=1S/C17H32O3/c1-3-16(18)14-12-10-8-6-5-7-9-11-13-15-17(19)20-4-2/h3-15H2,1-2H3. The van der Waals surface area contributed by atoms with E-state index in [4.69, 9.17) is 4.74 Å². The second-order valence-electron chi connectivity index (χ2n) is 5.38. The van der Waals surface area contributed by atoms with E-state index in [2.05, 4.69) is 0 Å². The van der Waals surface area contributed by atoms with Crippen LogP contribution in [0.4, 0.5) is 0 Å². The van der Waals surface area contributed by atoms with E-state index in [9.17, 15) is 9.59 Å². The van der Waals surface area contributed by atoms with Gasteiger partial charge < -0.3 is 4.74 Å². The van der Waals surface area contributed by atoms with Crippen LogP contribution in [0.5, 0.6) is 0 Å². The zero-order valence-electron chi connectivity index (χ0n) is 13.4. The van der Waals surface area contributed by atoms with Crippen LogP contribution in [0.25, 0.3) is 0 Å². The van der Waals surface area contributed by atoms with Gasteiger partial charge in [0.15, 0.2) is 0 Å². The molecule has 0 radical (unpaired) electrons. The number of Topliss-reactive ketones (excluding diaryl/α,β-unsaturated/α-hetero) is 1. The molecule has 3 nitrogen and oxygen atoms in total. The molecule has 0 amide bonds. The van der Waals surface area contributed by atoms with Crippen LogP contribution in [0.1, 0.15) is 90.9 Å². The normalized spacial score (nSPS) is 10.5. The van der Waals surface area contributed by atoms with Crippen molar-refractivity contribution in [2.24, 2.45) is 0 Å². The lowest BCUT2D eigenvalue weighted by molar-refractivity contribution is -0.143. The molecule has 0 heterocycles. The molecule has 0 spiro atoms. The number of esters is 1. The maximum atomic E-state index is 11.1. The average molecular weight is 284 g/mol. The molecule has 0 rings (SSSR count). The largest absolute Gasteiger partial charge is 0.466 e. The van der Waals surface area contributed by atoms with Gasteiger partial charge in [-0.15, -0.1) is 0 Å². The topological polar surface area (TPSA) is 43.4 Å². The molecule has 0 atom stereocenters. The summed E-state index contributed by atoms with van der Waals surface area (Å²) in [6.45, 7) is 4.27. The summed E-state index contributed by atoms with van der Waals surface area (Å²) in [7, 11) is 0. The zero-order valence-corrected chi connectivity index (χ0v) is 13.4. The van der Waals surface area contributed by atoms with Gasteiger partial charge in [-0.05, 0) is 19.8 Å². The van der Waals surface area contributed by atoms with Crippen LogP contribution in [-0.4, -0.2) is 18.4 Å². The molecule has 0 unspecified atom stereocenters. The van der Waals surface area contributed by atoms with E-state index in [-0.39, 0.29) is 5.97 Å². The van der Waals surface area contributed by atoms with Crippen LogP contribution in [0.2, 0.25) is 0 Å². The quantitative estimate of drug-likeness (QED) is 0.339. The molecule has 118 valence electrons. The van der Waals surface area contributed by atoms with E-state index in [1.165, 1.54) is 38.5 Å². The van der Waals surface area contributed by atoms with Crippen LogP contribution in [0, 0.1) is 0 Å². The monoisotopic (exact) mass is 284 g/mol. The lowest BCUT2D eigenvalue weighted by Crippen LogP contribution is -2.03. The van der Waals surface area contributed by atoms with E-state index in [1.807, 2.05) is 13.8 Å². The summed E-state index contributed by atoms with van der Waals surface area (Å²) in [4.78, 5) is 22.2. The summed E-state index contributed by atoms with van der Waals surface area (Å²) >= 11 is 0. The highest BCUT2D eigenvalue weighted by Crippen LogP contribution is 2.12. The van der Waals surface area contributed by atoms with Gasteiger partial charge in [0.1, 0.15) is 5.78 Å². The molecule has 0 bridgehead atoms. The SMILES string of the molecule is CCOC(=O)CCCCCCCCCCCC(=O)CC. The van der Waals surface area contributed by atoms with Gasteiger partial charge in [-0.25, -0.2) is 0 Å². The van der Waals surface area contributed by atoms with Crippen molar-refractivity contribution in [3.63, 3.8) is 0 Å². The Bertz CT molecular complexity index is 249. The van der Waals surface area contributed by atoms with E-state index in [0.717, 1.165) is 25.7 Å². The highest BCUT2D eigenvalue weighted by molar-refractivity contribution is 5.77. The molecule has 0 aliphatic rings. The number of hydrogen-bond donors (Lipinski definition) is 0. The van der Waals surface area contributed by atoms with Crippen LogP contribution in [0.15, 0.2) is 0 Å². The Morgan fingerprint density at radius 1 is 0.700 bits per heavy atom. The number of ether oxygens (including phenoxy) is 1. The number of unbranched alkanes of at least 4 members (excludes halogenated alkanes) is 8. The molecule has 0 aromatic carbocycles. The minimum Gasteiger partial charge on any atom is -0.466 e. The van der Waals surface area contributed by atoms with Crippen molar-refractivity contribution in [1.82, 2.24) is 0 Å². The number of ketones is 1. The number of carbonyl (C=O) groups excluding carboxylic acids is 2. The van der Waals surface area contributed by atoms with Crippen LogP contribution in [-0.2, 0) is 14.3 Å². The maximum absolute atomic E-state index is 11.1. The molecular formula is C17H32O3. The minimum absolute atomic E-state index is 0.0610. The minimum atomic E-state index is -0.0610. The van der Waals surface area contributed by atoms with E-state index >= 15 is 0 Å². The number of carbonyl (C=O) groups is 2. The summed E-state index contributed by atoms with van der Waals surface area (Å²) in [5.41, 5.74) is 0. The van der Waals surface area contributed by atoms with Gasteiger partial charge in [0.2, 0.25) is 0 Å². The van der Waals surface area contributed by atoms with Crippen LogP contribution < -0.4 is 0 Å². The Balaban J connectivity index is 3.10. The fraction of sp³-hybridized carbons (Fsp3) is 0.882. The van der Waals surface area contributed by atoms with Crippen molar-refractivity contribution >= 4 is 11.8 Å². The molecule has 0 aromatic rings. The van der Waals surface area contributed by atoms with E-state index < -0.39 is 0 Å². The lowest BCUT2D eigenvalue weighted by atomic mass is 10.0. The third-order valence-corrected chi connectivity index (χ3v) is 3.54. The second kappa shape index (κ2) is 14.5. The van der Waals surface area contributed by atoms with E-state index in [0.29, 0.717) is 25.2 Å². The predicted molar refractivity (Wildman–Crippen MR) is 82.7 cm³/mol. The van der Waals surface area contributed by atoms with Gasteiger partial charge in [-0.3, -0.25) is 9.59 Å². The highest BCUT2D eigenvalue weighted by atomic mass is 16.5. The van der Waals surface area contributed by atoms with Crippen molar-refractivity contribution in [2.75, 3.05) is 6.61 Å². The van der Waals surface area contributed by atoms with Crippen molar-refractivity contribution < 1.29 is 14.3 Å². The third-order valence-electron chi connectivity index (χ3n) is 3.54. The van der Waals surface area contributed by atoms with Gasteiger partial charge in [-0.2, -0.15) is 0 Å². The Hall–Kier alpha value is -0.860. The molecule has 0 aliphatic carbocycles. The molecule has 0 N–H and O–H groups in total. The van der Waals surface area contributed by atoms with Gasteiger partial charge >= 0.3 is 5.97 Å². The molecule has 0 saturated carbocycles. The zero-order chi connectivity index (χ0) is 15.1. The van der Waals surface area contributed by atoms with Crippen LogP contribution in [0.3, 0.4) is 0 Å². The van der Waals surface area contributed by atoms with Crippen molar-refractivity contribution in [2.45, 2.75) is 90.9 Å². The van der Waals surface area contributed by atoms with Gasteiger partial charge in [0.25, 0.3) is 0 Å². The third kappa shape index (κ3) is 13.6. The Kier molecular flexibility index (Phi) is 13.9. The maximum Gasteiger partial charge on any atom is 0.305 e. The molecular weight excluding hydrogens is 252 g/mol. The second-order valence-corrected chi connectivity index (χ2v) is 5.38. The highest BCUT2D eigenvalue weighted by Gasteiger charge is 2.01. The first-order chi connectivity index (χ1) is 9.70. The first-order valence-electron chi connectivity index (χ1n) is 8.38. The predicted octanol–water partition coefficient (Wildman–Crippen LogP) is 4.82. The average Bonchev–Trinajstić information content (AvgIpc) is 2.44. The molecule has 0 fully saturated rings. The van der Waals surface area contributed by atoms with Gasteiger partial charge in [0.05, 0.1) is 6.61 Å². The summed E-state index contributed by atoms with van der Waals surface area (Å²) in [5, 5.41) is 0. The van der Waals surface area contributed by atoms with Crippen molar-refractivity contribution in [3.05, 3.63) is 0 Å². The van der Waals surface area contributed by atoms with Gasteiger partial charge in [0, 0.05) is 19.3 Å². The molecule has 0 aromatic heterocycles. The Morgan fingerprint density at radius 3 is 1.60 bits per heavy atom. The molecule has 20 heavy (non-hydrogen) atoms.